The molecule has 1 unspecified atom stereocenters. The lowest BCUT2D eigenvalue weighted by Crippen LogP contribution is -2.36. The van der Waals surface area contributed by atoms with Crippen LogP contribution < -0.4 is 4.90 Å². The average molecular weight is 406 g/mol. The van der Waals surface area contributed by atoms with E-state index in [9.17, 15) is 4.79 Å². The Morgan fingerprint density at radius 3 is 2.70 bits per heavy atom. The Bertz CT molecular complexity index is 1040. The van der Waals surface area contributed by atoms with E-state index in [4.69, 9.17) is 14.8 Å². The number of aryl methyl sites for hydroxylation is 1. The number of morpholine rings is 1. The number of hydrogen-bond acceptors (Lipinski definition) is 5. The van der Waals surface area contributed by atoms with E-state index in [2.05, 4.69) is 30.0 Å². The first-order valence-electron chi connectivity index (χ1n) is 10.7. The van der Waals surface area contributed by atoms with Crippen molar-refractivity contribution in [1.29, 1.82) is 0 Å². The van der Waals surface area contributed by atoms with E-state index in [0.717, 1.165) is 62.0 Å². The highest BCUT2D eigenvalue weighted by Crippen LogP contribution is 2.26. The number of likely N-dealkylation sites (tertiary alicyclic amines) is 1. The van der Waals surface area contributed by atoms with Gasteiger partial charge >= 0.3 is 0 Å². The van der Waals surface area contributed by atoms with Crippen LogP contribution in [0.3, 0.4) is 0 Å². The molecule has 1 atom stereocenters. The number of nitrogens with zero attached hydrogens (tertiary/aromatic N) is 5. The van der Waals surface area contributed by atoms with E-state index in [-0.39, 0.29) is 11.8 Å². The van der Waals surface area contributed by atoms with E-state index in [1.54, 1.807) is 0 Å². The van der Waals surface area contributed by atoms with Gasteiger partial charge in [0.2, 0.25) is 5.91 Å². The Morgan fingerprint density at radius 2 is 1.90 bits per heavy atom. The highest BCUT2D eigenvalue weighted by Gasteiger charge is 2.30. The SMILES string of the molecule is Cc1ccc(CC(=O)N2CCC(c3nc4ccc(N5CCOCC5)cn4n3)C2)cc1. The minimum absolute atomic E-state index is 0.180. The molecule has 7 heteroatoms. The first kappa shape index (κ1) is 19.1. The summed E-state index contributed by atoms with van der Waals surface area (Å²) in [5, 5.41) is 4.75. The third-order valence-corrected chi connectivity index (χ3v) is 6.09. The molecular weight excluding hydrogens is 378 g/mol. The largest absolute Gasteiger partial charge is 0.378 e. The Kier molecular flexibility index (Phi) is 5.12. The van der Waals surface area contributed by atoms with Crippen LogP contribution in [0.5, 0.6) is 0 Å². The van der Waals surface area contributed by atoms with Crippen LogP contribution in [0, 0.1) is 6.92 Å². The van der Waals surface area contributed by atoms with Gasteiger partial charge in [0.25, 0.3) is 0 Å². The van der Waals surface area contributed by atoms with Gasteiger partial charge in [0.1, 0.15) is 0 Å². The lowest BCUT2D eigenvalue weighted by Gasteiger charge is -2.28. The number of fused-ring (bicyclic) bond motifs is 1. The van der Waals surface area contributed by atoms with Crippen molar-refractivity contribution in [3.63, 3.8) is 0 Å². The maximum atomic E-state index is 12.7. The quantitative estimate of drug-likeness (QED) is 0.667. The number of anilines is 1. The van der Waals surface area contributed by atoms with Gasteiger partial charge in [-0.3, -0.25) is 4.79 Å². The molecular formula is C23H27N5O2. The Balaban J connectivity index is 1.26. The van der Waals surface area contributed by atoms with Crippen molar-refractivity contribution in [3.8, 4) is 0 Å². The van der Waals surface area contributed by atoms with Gasteiger partial charge in [-0.1, -0.05) is 29.8 Å². The monoisotopic (exact) mass is 405 g/mol. The summed E-state index contributed by atoms with van der Waals surface area (Å²) in [7, 11) is 0. The van der Waals surface area contributed by atoms with Crippen LogP contribution in [-0.4, -0.2) is 64.8 Å². The van der Waals surface area contributed by atoms with Crippen LogP contribution in [0.25, 0.3) is 5.65 Å². The Morgan fingerprint density at radius 1 is 1.10 bits per heavy atom. The number of ether oxygens (including phenoxy) is 1. The summed E-state index contributed by atoms with van der Waals surface area (Å²) in [6.07, 6.45) is 3.41. The highest BCUT2D eigenvalue weighted by atomic mass is 16.5. The molecule has 0 aliphatic carbocycles. The van der Waals surface area contributed by atoms with Gasteiger partial charge in [-0.25, -0.2) is 9.50 Å². The van der Waals surface area contributed by atoms with Crippen molar-refractivity contribution < 1.29 is 9.53 Å². The standard InChI is InChI=1S/C23H27N5O2/c1-17-2-4-18(5-3-17)14-22(29)27-9-8-19(15-27)23-24-21-7-6-20(16-28(21)25-23)26-10-12-30-13-11-26/h2-7,16,19H,8-15H2,1H3. The number of rotatable bonds is 4. The fraction of sp³-hybridized carbons (Fsp3) is 0.435. The molecule has 2 fully saturated rings. The van der Waals surface area contributed by atoms with Crippen molar-refractivity contribution in [3.05, 3.63) is 59.5 Å². The number of amides is 1. The van der Waals surface area contributed by atoms with Gasteiger partial charge in [-0.15, -0.1) is 0 Å². The summed E-state index contributed by atoms with van der Waals surface area (Å²) in [4.78, 5) is 21.7. The van der Waals surface area contributed by atoms with Crippen molar-refractivity contribution in [2.45, 2.75) is 25.7 Å². The zero-order valence-electron chi connectivity index (χ0n) is 17.3. The lowest BCUT2D eigenvalue weighted by atomic mass is 10.1. The molecule has 1 amide bonds. The fourth-order valence-corrected chi connectivity index (χ4v) is 4.26. The molecule has 30 heavy (non-hydrogen) atoms. The van der Waals surface area contributed by atoms with Crippen molar-refractivity contribution in [2.24, 2.45) is 0 Å². The molecule has 3 aromatic rings. The van der Waals surface area contributed by atoms with Crippen LogP contribution in [0.15, 0.2) is 42.6 Å². The maximum Gasteiger partial charge on any atom is 0.227 e. The normalized spacial score (nSPS) is 19.6. The number of carbonyl (C=O) groups excluding carboxylic acids is 1. The van der Waals surface area contributed by atoms with Crippen LogP contribution in [0.4, 0.5) is 5.69 Å². The van der Waals surface area contributed by atoms with Crippen molar-refractivity contribution in [1.82, 2.24) is 19.5 Å². The second-order valence-electron chi connectivity index (χ2n) is 8.25. The molecule has 2 saturated heterocycles. The van der Waals surface area contributed by atoms with E-state index >= 15 is 0 Å². The van der Waals surface area contributed by atoms with Gasteiger partial charge in [-0.05, 0) is 31.0 Å². The third-order valence-electron chi connectivity index (χ3n) is 6.09. The van der Waals surface area contributed by atoms with E-state index in [1.807, 2.05) is 33.8 Å². The first-order chi connectivity index (χ1) is 14.7. The van der Waals surface area contributed by atoms with Crippen molar-refractivity contribution in [2.75, 3.05) is 44.3 Å². The van der Waals surface area contributed by atoms with Crippen LogP contribution >= 0.6 is 0 Å². The average Bonchev–Trinajstić information content (AvgIpc) is 3.42. The Labute approximate surface area is 176 Å². The smallest absolute Gasteiger partial charge is 0.227 e. The molecule has 0 radical (unpaired) electrons. The number of pyridine rings is 1. The van der Waals surface area contributed by atoms with Gasteiger partial charge in [0.15, 0.2) is 11.5 Å². The second kappa shape index (κ2) is 8.07. The summed E-state index contributed by atoms with van der Waals surface area (Å²) in [6.45, 7) is 6.83. The predicted octanol–water partition coefficient (Wildman–Crippen LogP) is 2.43. The van der Waals surface area contributed by atoms with Gasteiger partial charge in [-0.2, -0.15) is 5.10 Å². The molecule has 2 aromatic heterocycles. The first-order valence-corrected chi connectivity index (χ1v) is 10.7. The summed E-state index contributed by atoms with van der Waals surface area (Å²) >= 11 is 0. The topological polar surface area (TPSA) is 63.0 Å². The molecule has 1 aromatic carbocycles. The zero-order valence-corrected chi connectivity index (χ0v) is 17.3. The zero-order chi connectivity index (χ0) is 20.5. The maximum absolute atomic E-state index is 12.7. The highest BCUT2D eigenvalue weighted by molar-refractivity contribution is 5.79. The molecule has 7 nitrogen and oxygen atoms in total. The van der Waals surface area contributed by atoms with Crippen LogP contribution in [-0.2, 0) is 16.0 Å². The molecule has 0 N–H and O–H groups in total. The fourth-order valence-electron chi connectivity index (χ4n) is 4.26. The van der Waals surface area contributed by atoms with Crippen LogP contribution in [0.2, 0.25) is 0 Å². The summed E-state index contributed by atoms with van der Waals surface area (Å²) < 4.78 is 7.32. The van der Waals surface area contributed by atoms with E-state index in [1.165, 1.54) is 5.56 Å². The number of hydrogen-bond donors (Lipinski definition) is 0. The third kappa shape index (κ3) is 3.89. The summed E-state index contributed by atoms with van der Waals surface area (Å²) in [5.74, 6) is 1.21. The minimum atomic E-state index is 0.180. The molecule has 0 spiro atoms. The second-order valence-corrected chi connectivity index (χ2v) is 8.25. The molecule has 2 aliphatic heterocycles. The van der Waals surface area contributed by atoms with Crippen molar-refractivity contribution >= 4 is 17.2 Å². The predicted molar refractivity (Wildman–Crippen MR) is 115 cm³/mol. The molecule has 2 aliphatic rings. The van der Waals surface area contributed by atoms with E-state index < -0.39 is 0 Å². The van der Waals surface area contributed by atoms with Crippen LogP contribution in [0.1, 0.15) is 29.3 Å². The number of aromatic nitrogens is 3. The summed E-state index contributed by atoms with van der Waals surface area (Å²) in [6, 6.07) is 12.3. The molecule has 4 heterocycles. The summed E-state index contributed by atoms with van der Waals surface area (Å²) in [5.41, 5.74) is 4.27. The number of carbonyl (C=O) groups is 1. The Hall–Kier alpha value is -2.93. The minimum Gasteiger partial charge on any atom is -0.378 e. The van der Waals surface area contributed by atoms with Gasteiger partial charge in [0.05, 0.1) is 31.5 Å². The van der Waals surface area contributed by atoms with Gasteiger partial charge in [0, 0.05) is 32.1 Å². The molecule has 156 valence electrons. The molecule has 0 bridgehead atoms. The van der Waals surface area contributed by atoms with E-state index in [0.29, 0.717) is 13.0 Å². The van der Waals surface area contributed by atoms with Gasteiger partial charge < -0.3 is 14.5 Å². The molecule has 5 rings (SSSR count). The lowest BCUT2D eigenvalue weighted by molar-refractivity contribution is -0.129. The molecule has 0 saturated carbocycles. The number of benzene rings is 1.